The number of halogens is 1. The second-order valence-corrected chi connectivity index (χ2v) is 13.1. The Balaban J connectivity index is 1.22. The van der Waals surface area contributed by atoms with Crippen molar-refractivity contribution in [3.8, 4) is 0 Å². The van der Waals surface area contributed by atoms with Gasteiger partial charge in [-0.15, -0.1) is 0 Å². The molecule has 1 aromatic rings. The van der Waals surface area contributed by atoms with E-state index in [1.165, 1.54) is 45.1 Å². The molecule has 0 N–H and O–H groups in total. The molecule has 3 saturated carbocycles. The number of hydrogen-bond donors (Lipinski definition) is 0. The molecule has 184 valence electrons. The van der Waals surface area contributed by atoms with Crippen LogP contribution in [-0.2, 0) is 0 Å². The molecule has 5 aliphatic rings. The molecule has 1 saturated heterocycles. The summed E-state index contributed by atoms with van der Waals surface area (Å²) in [6, 6.07) is 8.44. The summed E-state index contributed by atoms with van der Waals surface area (Å²) in [6.07, 6.45) is 13.0. The fraction of sp³-hybridized carbons (Fsp3) is 0.700. The molecule has 6 rings (SSSR count). The molecule has 34 heavy (non-hydrogen) atoms. The van der Waals surface area contributed by atoms with Crippen molar-refractivity contribution in [2.45, 2.75) is 77.3 Å². The van der Waals surface area contributed by atoms with Crippen LogP contribution in [0.4, 0.5) is 0 Å². The van der Waals surface area contributed by atoms with E-state index in [2.05, 4.69) is 31.9 Å². The average molecular weight is 481 g/mol. The monoisotopic (exact) mass is 480 g/mol. The molecule has 0 aromatic heterocycles. The number of benzene rings is 1. The van der Waals surface area contributed by atoms with Crippen molar-refractivity contribution in [3.63, 3.8) is 0 Å². The number of allylic oxidation sites excluding steroid dienone is 1. The zero-order chi connectivity index (χ0) is 23.8. The van der Waals surface area contributed by atoms with Crippen molar-refractivity contribution in [1.82, 2.24) is 9.80 Å². The first-order valence-electron chi connectivity index (χ1n) is 13.7. The molecule has 1 aliphatic heterocycles. The van der Waals surface area contributed by atoms with Crippen molar-refractivity contribution >= 4 is 17.5 Å². The molecule has 4 aliphatic carbocycles. The molecule has 8 atom stereocenters. The topological polar surface area (TPSA) is 23.6 Å². The Morgan fingerprint density at radius 1 is 1.12 bits per heavy atom. The molecule has 1 amide bonds. The highest BCUT2D eigenvalue weighted by molar-refractivity contribution is 6.30. The summed E-state index contributed by atoms with van der Waals surface area (Å²) in [4.78, 5) is 17.8. The Labute approximate surface area is 210 Å². The molecular weight excluding hydrogens is 440 g/mol. The molecule has 0 bridgehead atoms. The first-order chi connectivity index (χ1) is 16.2. The van der Waals surface area contributed by atoms with Crippen molar-refractivity contribution in [1.29, 1.82) is 0 Å². The summed E-state index contributed by atoms with van der Waals surface area (Å²) in [5, 5.41) is 0.628. The average Bonchev–Trinajstić information content (AvgIpc) is 3.31. The van der Waals surface area contributed by atoms with Gasteiger partial charge >= 0.3 is 0 Å². The van der Waals surface area contributed by atoms with Crippen LogP contribution in [0.5, 0.6) is 0 Å². The molecule has 4 fully saturated rings. The number of nitrogens with zero attached hydrogens (tertiary/aromatic N) is 2. The van der Waals surface area contributed by atoms with Crippen LogP contribution < -0.4 is 0 Å². The number of amides is 1. The number of carbonyl (C=O) groups is 1. The van der Waals surface area contributed by atoms with Crippen LogP contribution in [-0.4, -0.2) is 48.4 Å². The number of hydrogen-bond acceptors (Lipinski definition) is 2. The highest BCUT2D eigenvalue weighted by Crippen LogP contribution is 2.68. The number of likely N-dealkylation sites (tertiary alicyclic amines) is 1. The predicted molar refractivity (Wildman–Crippen MR) is 139 cm³/mol. The predicted octanol–water partition coefficient (Wildman–Crippen LogP) is 6.67. The van der Waals surface area contributed by atoms with Gasteiger partial charge in [0.1, 0.15) is 0 Å². The Morgan fingerprint density at radius 3 is 2.71 bits per heavy atom. The van der Waals surface area contributed by atoms with E-state index >= 15 is 0 Å². The van der Waals surface area contributed by atoms with E-state index in [4.69, 9.17) is 11.6 Å². The summed E-state index contributed by atoms with van der Waals surface area (Å²) >= 11 is 6.16. The van der Waals surface area contributed by atoms with Crippen LogP contribution in [0.1, 0.15) is 75.6 Å². The first-order valence-corrected chi connectivity index (χ1v) is 14.0. The SMILES string of the molecule is C[C@H]1[C@H]2CC[C@H]3[C@@H]4CC=C5C[C@@H](N(C)C(=O)c6cccc(Cl)c6)CC[C@]5(C)C4CC[C@]23CN1C. The van der Waals surface area contributed by atoms with Crippen molar-refractivity contribution in [2.24, 2.45) is 34.5 Å². The van der Waals surface area contributed by atoms with Crippen molar-refractivity contribution in [3.05, 3.63) is 46.5 Å². The lowest BCUT2D eigenvalue weighted by Crippen LogP contribution is -2.53. The third-order valence-corrected chi connectivity index (χ3v) is 11.9. The van der Waals surface area contributed by atoms with Crippen LogP contribution in [0.2, 0.25) is 5.02 Å². The molecule has 3 nitrogen and oxygen atoms in total. The van der Waals surface area contributed by atoms with Crippen LogP contribution >= 0.6 is 11.6 Å². The maximum Gasteiger partial charge on any atom is 0.253 e. The minimum atomic E-state index is 0.0986. The second-order valence-electron chi connectivity index (χ2n) is 12.7. The Bertz CT molecular complexity index is 1020. The van der Waals surface area contributed by atoms with E-state index in [0.29, 0.717) is 21.4 Å². The zero-order valence-electron chi connectivity index (χ0n) is 21.4. The molecule has 0 radical (unpaired) electrons. The van der Waals surface area contributed by atoms with Crippen LogP contribution in [0.15, 0.2) is 35.9 Å². The standard InChI is InChI=1S/C30H41ClN2O/c1-19-25-10-11-27-24-9-8-21-17-23(33(4)28(34)20-6-5-7-22(31)16-20)12-14-29(21,2)26(24)13-15-30(25,27)18-32(19)3/h5-8,16,19,23-27H,9-15,17-18H2,1-4H3/t19-,23-,24+,25+,26?,27-,29-,30-/m0/s1. The summed E-state index contributed by atoms with van der Waals surface area (Å²) in [5.41, 5.74) is 3.27. The Kier molecular flexibility index (Phi) is 5.50. The van der Waals surface area contributed by atoms with E-state index in [9.17, 15) is 4.79 Å². The molecular formula is C30H41ClN2O. The van der Waals surface area contributed by atoms with Gasteiger partial charge in [0, 0.05) is 36.3 Å². The normalized spacial score (nSPS) is 43.4. The third-order valence-electron chi connectivity index (χ3n) is 11.6. The Morgan fingerprint density at radius 2 is 1.91 bits per heavy atom. The summed E-state index contributed by atoms with van der Waals surface area (Å²) < 4.78 is 0. The molecule has 1 spiro atoms. The maximum absolute atomic E-state index is 13.2. The number of rotatable bonds is 2. The van der Waals surface area contributed by atoms with Gasteiger partial charge in [-0.1, -0.05) is 36.2 Å². The van der Waals surface area contributed by atoms with Gasteiger partial charge in [0.2, 0.25) is 0 Å². The summed E-state index contributed by atoms with van der Waals surface area (Å²) in [6.45, 7) is 6.40. The van der Waals surface area contributed by atoms with E-state index in [1.54, 1.807) is 11.6 Å². The first kappa shape index (κ1) is 23.1. The zero-order valence-corrected chi connectivity index (χ0v) is 22.2. The summed E-state index contributed by atoms with van der Waals surface area (Å²) in [7, 11) is 4.35. The lowest BCUT2D eigenvalue weighted by atomic mass is 9.47. The van der Waals surface area contributed by atoms with Crippen molar-refractivity contribution in [2.75, 3.05) is 20.6 Å². The second kappa shape index (κ2) is 8.10. The van der Waals surface area contributed by atoms with Gasteiger partial charge in [0.25, 0.3) is 5.91 Å². The molecule has 1 unspecified atom stereocenters. The van der Waals surface area contributed by atoms with Gasteiger partial charge in [-0.25, -0.2) is 0 Å². The smallest absolute Gasteiger partial charge is 0.253 e. The highest BCUT2D eigenvalue weighted by Gasteiger charge is 2.64. The lowest BCUT2D eigenvalue weighted by molar-refractivity contribution is -0.0430. The maximum atomic E-state index is 13.2. The summed E-state index contributed by atoms with van der Waals surface area (Å²) in [5.74, 6) is 3.64. The minimum Gasteiger partial charge on any atom is -0.338 e. The number of carbonyl (C=O) groups excluding carboxylic acids is 1. The molecule has 1 aromatic carbocycles. The highest BCUT2D eigenvalue weighted by atomic mass is 35.5. The fourth-order valence-electron chi connectivity index (χ4n) is 9.77. The van der Waals surface area contributed by atoms with Crippen molar-refractivity contribution < 1.29 is 4.79 Å². The van der Waals surface area contributed by atoms with Crippen LogP contribution in [0.3, 0.4) is 0 Å². The van der Waals surface area contributed by atoms with Gasteiger partial charge in [0.05, 0.1) is 0 Å². The van der Waals surface area contributed by atoms with Gasteiger partial charge in [-0.05, 0) is 118 Å². The van der Waals surface area contributed by atoms with E-state index in [1.807, 2.05) is 30.1 Å². The van der Waals surface area contributed by atoms with Gasteiger partial charge < -0.3 is 9.80 Å². The minimum absolute atomic E-state index is 0.0986. The number of fused-ring (bicyclic) bond motifs is 4. The lowest BCUT2D eigenvalue weighted by Gasteiger charge is -2.58. The van der Waals surface area contributed by atoms with Crippen LogP contribution in [0, 0.1) is 34.5 Å². The third kappa shape index (κ3) is 3.22. The fourth-order valence-corrected chi connectivity index (χ4v) is 9.96. The van der Waals surface area contributed by atoms with Gasteiger partial charge in [0.15, 0.2) is 0 Å². The quantitative estimate of drug-likeness (QED) is 0.441. The Hall–Kier alpha value is -1.32. The van der Waals surface area contributed by atoms with Gasteiger partial charge in [-0.2, -0.15) is 0 Å². The molecule has 4 heteroatoms. The van der Waals surface area contributed by atoms with E-state index in [-0.39, 0.29) is 11.9 Å². The largest absolute Gasteiger partial charge is 0.338 e. The van der Waals surface area contributed by atoms with E-state index in [0.717, 1.165) is 42.6 Å². The van der Waals surface area contributed by atoms with Crippen LogP contribution in [0.25, 0.3) is 0 Å². The molecule has 1 heterocycles. The van der Waals surface area contributed by atoms with Gasteiger partial charge in [-0.3, -0.25) is 4.79 Å². The van der Waals surface area contributed by atoms with E-state index < -0.39 is 0 Å².